The number of rotatable bonds is 1. The minimum Gasteiger partial charge on any atom is -0.381 e. The molecule has 1 aromatic rings. The van der Waals surface area contributed by atoms with Gasteiger partial charge in [0, 0.05) is 30.4 Å². The molecule has 92 valence electrons. The Morgan fingerprint density at radius 1 is 1.18 bits per heavy atom. The first-order chi connectivity index (χ1) is 8.34. The van der Waals surface area contributed by atoms with Crippen LogP contribution in [0.15, 0.2) is 0 Å². The quantitative estimate of drug-likeness (QED) is 0.779. The van der Waals surface area contributed by atoms with Crippen LogP contribution in [0.4, 0.5) is 0 Å². The highest BCUT2D eigenvalue weighted by Gasteiger charge is 2.20. The van der Waals surface area contributed by atoms with Gasteiger partial charge in [-0.3, -0.25) is 0 Å². The number of ether oxygens (including phenoxy) is 1. The summed E-state index contributed by atoms with van der Waals surface area (Å²) in [5, 5.41) is 0. The maximum atomic E-state index is 5.43. The number of hydrogen-bond donors (Lipinski definition) is 1. The third-order valence-electron chi connectivity index (χ3n) is 3.83. The van der Waals surface area contributed by atoms with Crippen molar-refractivity contribution in [3.05, 3.63) is 21.7 Å². The zero-order valence-electron chi connectivity index (χ0n) is 10.00. The molecule has 2 aliphatic rings. The van der Waals surface area contributed by atoms with Gasteiger partial charge in [0.05, 0.1) is 0 Å². The monoisotopic (exact) mass is 250 g/mol. The largest absolute Gasteiger partial charge is 0.381 e. The highest BCUT2D eigenvalue weighted by atomic mass is 32.1. The van der Waals surface area contributed by atoms with Gasteiger partial charge >= 0.3 is 0 Å². The number of aromatic amines is 1. The summed E-state index contributed by atoms with van der Waals surface area (Å²) >= 11 is 5.43. The molecule has 0 spiro atoms. The summed E-state index contributed by atoms with van der Waals surface area (Å²) in [6.07, 6.45) is 6.90. The minimum atomic E-state index is 0.512. The van der Waals surface area contributed by atoms with Gasteiger partial charge in [-0.2, -0.15) is 0 Å². The van der Waals surface area contributed by atoms with Crippen LogP contribution in [0.5, 0.6) is 0 Å². The Labute approximate surface area is 107 Å². The lowest BCUT2D eigenvalue weighted by Crippen LogP contribution is -2.18. The summed E-state index contributed by atoms with van der Waals surface area (Å²) in [6, 6.07) is 0. The van der Waals surface area contributed by atoms with E-state index in [1.807, 2.05) is 0 Å². The molecule has 1 saturated heterocycles. The molecule has 0 saturated carbocycles. The maximum Gasteiger partial charge on any atom is 0.133 e. The van der Waals surface area contributed by atoms with Crippen molar-refractivity contribution in [2.45, 2.75) is 44.4 Å². The Bertz CT molecular complexity index is 463. The topological polar surface area (TPSA) is 37.9 Å². The summed E-state index contributed by atoms with van der Waals surface area (Å²) in [5.41, 5.74) is 2.64. The Balaban J connectivity index is 1.95. The Morgan fingerprint density at radius 3 is 2.76 bits per heavy atom. The summed E-state index contributed by atoms with van der Waals surface area (Å²) in [4.78, 5) is 8.16. The van der Waals surface area contributed by atoms with Crippen molar-refractivity contribution in [2.24, 2.45) is 0 Å². The Morgan fingerprint density at radius 2 is 1.94 bits per heavy atom. The molecule has 1 aliphatic heterocycles. The van der Waals surface area contributed by atoms with Crippen molar-refractivity contribution in [3.8, 4) is 0 Å². The van der Waals surface area contributed by atoms with Crippen LogP contribution in [0.1, 0.15) is 48.7 Å². The standard InChI is InChI=1S/C13H18N2OS/c17-13-10-3-1-2-4-11(10)14-12(15-13)9-5-7-16-8-6-9/h9H,1-8H2,(H,14,15,17). The van der Waals surface area contributed by atoms with Crippen molar-refractivity contribution in [1.29, 1.82) is 0 Å². The van der Waals surface area contributed by atoms with E-state index in [-0.39, 0.29) is 0 Å². The second-order valence-electron chi connectivity index (χ2n) is 4.98. The van der Waals surface area contributed by atoms with Crippen LogP contribution in [0.25, 0.3) is 0 Å². The lowest BCUT2D eigenvalue weighted by Gasteiger charge is -2.23. The molecule has 17 heavy (non-hydrogen) atoms. The van der Waals surface area contributed by atoms with E-state index in [2.05, 4.69) is 9.97 Å². The van der Waals surface area contributed by atoms with Crippen molar-refractivity contribution >= 4 is 12.2 Å². The molecule has 2 heterocycles. The summed E-state index contributed by atoms with van der Waals surface area (Å²) in [5.74, 6) is 1.61. The van der Waals surface area contributed by atoms with E-state index >= 15 is 0 Å². The first kappa shape index (κ1) is 11.4. The van der Waals surface area contributed by atoms with Gasteiger partial charge in [0.1, 0.15) is 10.5 Å². The Kier molecular flexibility index (Phi) is 3.25. The number of fused-ring (bicyclic) bond motifs is 1. The fourth-order valence-corrected chi connectivity index (χ4v) is 3.13. The highest BCUT2D eigenvalue weighted by Crippen LogP contribution is 2.27. The molecular weight excluding hydrogens is 232 g/mol. The van der Waals surface area contributed by atoms with Gasteiger partial charge in [0.25, 0.3) is 0 Å². The van der Waals surface area contributed by atoms with Gasteiger partial charge in [0.15, 0.2) is 0 Å². The van der Waals surface area contributed by atoms with Crippen LogP contribution >= 0.6 is 12.2 Å². The van der Waals surface area contributed by atoms with Crippen LogP contribution in [-0.4, -0.2) is 23.2 Å². The fraction of sp³-hybridized carbons (Fsp3) is 0.692. The zero-order chi connectivity index (χ0) is 11.7. The molecule has 0 aromatic carbocycles. The van der Waals surface area contributed by atoms with E-state index in [4.69, 9.17) is 17.0 Å². The molecule has 0 atom stereocenters. The summed E-state index contributed by atoms with van der Waals surface area (Å²) in [6.45, 7) is 1.70. The first-order valence-electron chi connectivity index (χ1n) is 6.54. The molecule has 0 unspecified atom stereocenters. The van der Waals surface area contributed by atoms with Crippen molar-refractivity contribution in [1.82, 2.24) is 9.97 Å². The van der Waals surface area contributed by atoms with E-state index in [1.165, 1.54) is 24.1 Å². The Hall–Kier alpha value is -0.740. The lowest BCUT2D eigenvalue weighted by molar-refractivity contribution is 0.0835. The molecular formula is C13H18N2OS. The molecule has 1 aromatic heterocycles. The van der Waals surface area contributed by atoms with Gasteiger partial charge in [-0.25, -0.2) is 4.98 Å². The smallest absolute Gasteiger partial charge is 0.133 e. The molecule has 0 amide bonds. The van der Waals surface area contributed by atoms with Gasteiger partial charge in [-0.1, -0.05) is 12.2 Å². The van der Waals surface area contributed by atoms with E-state index in [0.29, 0.717) is 5.92 Å². The SMILES string of the molecule is S=c1nc(C2CCOCC2)[nH]c2c1CCCC2. The third kappa shape index (κ3) is 2.29. The van der Waals surface area contributed by atoms with E-state index in [1.54, 1.807) is 0 Å². The number of hydrogen-bond acceptors (Lipinski definition) is 3. The van der Waals surface area contributed by atoms with Gasteiger partial charge < -0.3 is 9.72 Å². The number of nitrogens with zero attached hydrogens (tertiary/aromatic N) is 1. The van der Waals surface area contributed by atoms with E-state index < -0.39 is 0 Å². The molecule has 1 fully saturated rings. The lowest BCUT2D eigenvalue weighted by atomic mass is 9.95. The summed E-state index contributed by atoms with van der Waals surface area (Å²) < 4.78 is 6.23. The molecule has 1 N–H and O–H groups in total. The van der Waals surface area contributed by atoms with E-state index in [9.17, 15) is 0 Å². The molecule has 0 radical (unpaired) electrons. The minimum absolute atomic E-state index is 0.512. The molecule has 3 nitrogen and oxygen atoms in total. The summed E-state index contributed by atoms with van der Waals surface area (Å²) in [7, 11) is 0. The third-order valence-corrected chi connectivity index (χ3v) is 4.17. The van der Waals surface area contributed by atoms with Crippen LogP contribution in [0.3, 0.4) is 0 Å². The normalized spacial score (nSPS) is 21.2. The van der Waals surface area contributed by atoms with Gasteiger partial charge in [-0.05, 0) is 38.5 Å². The van der Waals surface area contributed by atoms with Crippen LogP contribution in [0.2, 0.25) is 0 Å². The molecule has 3 rings (SSSR count). The number of H-pyrrole nitrogens is 1. The average molecular weight is 250 g/mol. The van der Waals surface area contributed by atoms with Crippen molar-refractivity contribution < 1.29 is 4.74 Å². The average Bonchev–Trinajstić information content (AvgIpc) is 2.40. The number of nitrogens with one attached hydrogen (secondary N) is 1. The molecule has 4 heteroatoms. The predicted molar refractivity (Wildman–Crippen MR) is 68.9 cm³/mol. The fourth-order valence-electron chi connectivity index (χ4n) is 2.80. The first-order valence-corrected chi connectivity index (χ1v) is 6.95. The number of aromatic nitrogens is 2. The second-order valence-corrected chi connectivity index (χ2v) is 5.36. The molecule has 1 aliphatic carbocycles. The van der Waals surface area contributed by atoms with Gasteiger partial charge in [0.2, 0.25) is 0 Å². The van der Waals surface area contributed by atoms with Crippen molar-refractivity contribution in [3.63, 3.8) is 0 Å². The van der Waals surface area contributed by atoms with Crippen molar-refractivity contribution in [2.75, 3.05) is 13.2 Å². The molecule has 0 bridgehead atoms. The predicted octanol–water partition coefficient (Wildman–Crippen LogP) is 2.91. The number of aryl methyl sites for hydroxylation is 1. The van der Waals surface area contributed by atoms with Crippen LogP contribution < -0.4 is 0 Å². The highest BCUT2D eigenvalue weighted by molar-refractivity contribution is 7.71. The van der Waals surface area contributed by atoms with Gasteiger partial charge in [-0.15, -0.1) is 0 Å². The van der Waals surface area contributed by atoms with E-state index in [0.717, 1.165) is 49.4 Å². The second kappa shape index (κ2) is 4.86. The maximum absolute atomic E-state index is 5.43. The van der Waals surface area contributed by atoms with Crippen LogP contribution in [-0.2, 0) is 17.6 Å². The van der Waals surface area contributed by atoms with Crippen LogP contribution in [0, 0.1) is 4.64 Å². The zero-order valence-corrected chi connectivity index (χ0v) is 10.8.